The Kier molecular flexibility index (Phi) is 3.59. The van der Waals surface area contributed by atoms with Crippen LogP contribution in [0.4, 0.5) is 0 Å². The van der Waals surface area contributed by atoms with Crippen LogP contribution in [0.25, 0.3) is 22.6 Å². The molecule has 2 atom stereocenters. The molecular weight excluding hydrogens is 342 g/mol. The molecule has 142 valence electrons. The predicted molar refractivity (Wildman–Crippen MR) is 116 cm³/mol. The van der Waals surface area contributed by atoms with Gasteiger partial charge in [-0.15, -0.1) is 0 Å². The van der Waals surface area contributed by atoms with Crippen molar-refractivity contribution >= 4 is 22.6 Å². The Bertz CT molecular complexity index is 1190. The zero-order valence-corrected chi connectivity index (χ0v) is 16.3. The summed E-state index contributed by atoms with van der Waals surface area (Å²) in [7, 11) is 0. The van der Waals surface area contributed by atoms with Gasteiger partial charge in [-0.3, -0.25) is 0 Å². The molecule has 28 heavy (non-hydrogen) atoms. The summed E-state index contributed by atoms with van der Waals surface area (Å²) < 4.78 is 2.56. The molecule has 4 heterocycles. The largest absolute Gasteiger partial charge is 0.377 e. The molecule has 1 N–H and O–H groups in total. The van der Waals surface area contributed by atoms with Crippen LogP contribution in [0.5, 0.6) is 0 Å². The fraction of sp³-hybridized carbons (Fsp3) is 0.360. The van der Waals surface area contributed by atoms with Crippen molar-refractivity contribution in [2.45, 2.75) is 44.1 Å². The summed E-state index contributed by atoms with van der Waals surface area (Å²) in [6, 6.07) is 8.72. The van der Waals surface area contributed by atoms with Crippen molar-refractivity contribution < 1.29 is 0 Å². The zero-order chi connectivity index (χ0) is 18.7. The number of benzene rings is 1. The minimum atomic E-state index is 0.494. The third-order valence-electron chi connectivity index (χ3n) is 7.18. The molecule has 0 radical (unpaired) electrons. The number of fused-ring (bicyclic) bond motifs is 1. The number of aryl methyl sites for hydroxylation is 1. The molecule has 2 aliphatic heterocycles. The molecule has 2 unspecified atom stereocenters. The van der Waals surface area contributed by atoms with Gasteiger partial charge in [-0.25, -0.2) is 0 Å². The fourth-order valence-corrected chi connectivity index (χ4v) is 5.90. The van der Waals surface area contributed by atoms with Crippen molar-refractivity contribution in [3.05, 3.63) is 71.1 Å². The SMILES string of the molecule is C=CN1CC(c2cn3c4c2=CCCC=4CCC3)C(c2c[nH]c3ccccc23)C1. The Hall–Kier alpha value is -2.68. The minimum absolute atomic E-state index is 0.494. The number of hydrogen-bond acceptors (Lipinski definition) is 1. The molecule has 3 aliphatic rings. The van der Waals surface area contributed by atoms with E-state index in [2.05, 4.69) is 63.8 Å². The molecule has 0 amide bonds. The third kappa shape index (κ3) is 2.28. The van der Waals surface area contributed by atoms with Gasteiger partial charge in [0, 0.05) is 60.1 Å². The molecule has 0 saturated carbocycles. The molecule has 0 bridgehead atoms. The van der Waals surface area contributed by atoms with Crippen molar-refractivity contribution in [1.82, 2.24) is 14.5 Å². The van der Waals surface area contributed by atoms with Crippen LogP contribution >= 0.6 is 0 Å². The average Bonchev–Trinajstić information content (AvgIpc) is 3.44. The van der Waals surface area contributed by atoms with Gasteiger partial charge in [-0.2, -0.15) is 0 Å². The first-order valence-corrected chi connectivity index (χ1v) is 10.7. The van der Waals surface area contributed by atoms with E-state index in [9.17, 15) is 0 Å². The lowest BCUT2D eigenvalue weighted by Gasteiger charge is -2.18. The summed E-state index contributed by atoms with van der Waals surface area (Å²) in [4.78, 5) is 5.91. The van der Waals surface area contributed by atoms with E-state index in [-0.39, 0.29) is 0 Å². The maximum atomic E-state index is 4.08. The van der Waals surface area contributed by atoms with Crippen LogP contribution in [0.1, 0.15) is 48.6 Å². The molecule has 3 heteroatoms. The van der Waals surface area contributed by atoms with Gasteiger partial charge in [0.15, 0.2) is 0 Å². The summed E-state index contributed by atoms with van der Waals surface area (Å²) in [5, 5.41) is 4.47. The van der Waals surface area contributed by atoms with E-state index < -0.39 is 0 Å². The summed E-state index contributed by atoms with van der Waals surface area (Å²) >= 11 is 0. The summed E-state index contributed by atoms with van der Waals surface area (Å²) in [6.45, 7) is 7.37. The molecule has 0 spiro atoms. The lowest BCUT2D eigenvalue weighted by atomic mass is 9.83. The van der Waals surface area contributed by atoms with Crippen molar-refractivity contribution in [3.8, 4) is 0 Å². The molecule has 1 fully saturated rings. The predicted octanol–water partition coefficient (Wildman–Crippen LogP) is 3.81. The van der Waals surface area contributed by atoms with Gasteiger partial charge in [0.1, 0.15) is 0 Å². The second-order valence-electron chi connectivity index (χ2n) is 8.63. The number of aromatic nitrogens is 2. The van der Waals surface area contributed by atoms with Crippen molar-refractivity contribution in [3.63, 3.8) is 0 Å². The molecule has 2 aromatic heterocycles. The Morgan fingerprint density at radius 3 is 2.82 bits per heavy atom. The lowest BCUT2D eigenvalue weighted by Crippen LogP contribution is -2.37. The van der Waals surface area contributed by atoms with Gasteiger partial charge >= 0.3 is 0 Å². The van der Waals surface area contributed by atoms with Crippen LogP contribution in [0.2, 0.25) is 0 Å². The minimum Gasteiger partial charge on any atom is -0.377 e. The first-order valence-electron chi connectivity index (χ1n) is 10.7. The fourth-order valence-electron chi connectivity index (χ4n) is 5.90. The van der Waals surface area contributed by atoms with Gasteiger partial charge in [0.05, 0.1) is 0 Å². The number of likely N-dealkylation sites (tertiary alicyclic amines) is 1. The van der Waals surface area contributed by atoms with Gasteiger partial charge in [-0.1, -0.05) is 30.9 Å². The van der Waals surface area contributed by atoms with E-state index in [0.29, 0.717) is 11.8 Å². The standard InChI is InChI=1S/C25H27N3/c1-2-27-14-21(20-13-26-24-11-4-3-9-18(20)24)22(15-27)23-16-28-12-6-8-17-7-5-10-19(23)25(17)28/h2-4,9-11,13,16,21-22,26H,1,5-8,12,14-15H2. The highest BCUT2D eigenvalue weighted by Crippen LogP contribution is 2.41. The van der Waals surface area contributed by atoms with Crippen molar-refractivity contribution in [2.75, 3.05) is 13.1 Å². The Labute approximate surface area is 165 Å². The number of H-pyrrole nitrogens is 1. The monoisotopic (exact) mass is 369 g/mol. The van der Waals surface area contributed by atoms with Crippen LogP contribution in [0.15, 0.2) is 49.4 Å². The summed E-state index contributed by atoms with van der Waals surface area (Å²) in [5.74, 6) is 1.01. The maximum absolute atomic E-state index is 4.08. The normalized spacial score (nSPS) is 23.7. The van der Waals surface area contributed by atoms with E-state index in [4.69, 9.17) is 0 Å². The topological polar surface area (TPSA) is 24.0 Å². The third-order valence-corrected chi connectivity index (χ3v) is 7.18. The molecule has 3 nitrogen and oxygen atoms in total. The van der Waals surface area contributed by atoms with Gasteiger partial charge in [0.25, 0.3) is 0 Å². The molecule has 6 rings (SSSR count). The number of rotatable bonds is 3. The van der Waals surface area contributed by atoms with Crippen LogP contribution < -0.4 is 10.6 Å². The smallest absolute Gasteiger partial charge is 0.0472 e. The van der Waals surface area contributed by atoms with Gasteiger partial charge in [0.2, 0.25) is 0 Å². The number of nitrogens with zero attached hydrogens (tertiary/aromatic N) is 2. The van der Waals surface area contributed by atoms with Crippen LogP contribution in [0, 0.1) is 0 Å². The summed E-state index contributed by atoms with van der Waals surface area (Å²) in [5.41, 5.74) is 5.96. The quantitative estimate of drug-likeness (QED) is 0.746. The van der Waals surface area contributed by atoms with E-state index in [1.165, 1.54) is 48.7 Å². The molecule has 1 aromatic carbocycles. The van der Waals surface area contributed by atoms with Gasteiger partial charge in [-0.05, 0) is 59.9 Å². The Morgan fingerprint density at radius 1 is 1.07 bits per heavy atom. The first-order chi connectivity index (χ1) is 13.8. The highest BCUT2D eigenvalue weighted by Gasteiger charge is 2.36. The highest BCUT2D eigenvalue weighted by atomic mass is 15.1. The van der Waals surface area contributed by atoms with Crippen LogP contribution in [0.3, 0.4) is 0 Å². The number of para-hydroxylation sites is 1. The zero-order valence-electron chi connectivity index (χ0n) is 16.3. The summed E-state index contributed by atoms with van der Waals surface area (Å²) in [6.07, 6.45) is 14.3. The van der Waals surface area contributed by atoms with Crippen molar-refractivity contribution in [1.29, 1.82) is 0 Å². The molecule has 1 saturated heterocycles. The number of hydrogen-bond donors (Lipinski definition) is 1. The van der Waals surface area contributed by atoms with Crippen molar-refractivity contribution in [2.24, 2.45) is 0 Å². The second kappa shape index (κ2) is 6.16. The van der Waals surface area contributed by atoms with E-state index in [1.807, 2.05) is 6.20 Å². The molecular formula is C25H27N3. The number of nitrogens with one attached hydrogen (secondary N) is 1. The van der Waals surface area contributed by atoms with E-state index in [1.54, 1.807) is 21.7 Å². The molecule has 3 aromatic rings. The highest BCUT2D eigenvalue weighted by molar-refractivity contribution is 5.84. The van der Waals surface area contributed by atoms with Crippen LogP contribution in [-0.2, 0) is 6.54 Å². The Morgan fingerprint density at radius 2 is 1.93 bits per heavy atom. The first kappa shape index (κ1) is 16.3. The van der Waals surface area contributed by atoms with Gasteiger partial charge < -0.3 is 14.5 Å². The van der Waals surface area contributed by atoms with E-state index in [0.717, 1.165) is 13.1 Å². The second-order valence-corrected chi connectivity index (χ2v) is 8.63. The molecule has 1 aliphatic carbocycles. The lowest BCUT2D eigenvalue weighted by molar-refractivity contribution is 0.458. The number of aromatic amines is 1. The van der Waals surface area contributed by atoms with E-state index >= 15 is 0 Å². The average molecular weight is 370 g/mol. The van der Waals surface area contributed by atoms with Crippen LogP contribution in [-0.4, -0.2) is 27.5 Å². The maximum Gasteiger partial charge on any atom is 0.0472 e. The Balaban J connectivity index is 1.53.